The summed E-state index contributed by atoms with van der Waals surface area (Å²) in [5.41, 5.74) is 1.49. The quantitative estimate of drug-likeness (QED) is 0.488. The SMILES string of the molecule is CNC(C)N(C)c1cc(Nc2ncc(C(=O)Nc3c(C)cccc3Cl)s2)ncn1. The molecular formula is C19H22ClN7OS. The fourth-order valence-electron chi connectivity index (χ4n) is 2.51. The lowest BCUT2D eigenvalue weighted by Crippen LogP contribution is -2.39. The van der Waals surface area contributed by atoms with E-state index in [2.05, 4.69) is 30.9 Å². The summed E-state index contributed by atoms with van der Waals surface area (Å²) in [6, 6.07) is 7.29. The van der Waals surface area contributed by atoms with Crippen LogP contribution in [0.15, 0.2) is 36.8 Å². The van der Waals surface area contributed by atoms with Crippen molar-refractivity contribution in [2.45, 2.75) is 20.0 Å². The number of benzene rings is 1. The van der Waals surface area contributed by atoms with Crippen molar-refractivity contribution in [3.05, 3.63) is 52.3 Å². The highest BCUT2D eigenvalue weighted by Crippen LogP contribution is 2.28. The third kappa shape index (κ3) is 5.00. The Hall–Kier alpha value is -2.75. The van der Waals surface area contributed by atoms with E-state index in [-0.39, 0.29) is 12.1 Å². The minimum absolute atomic E-state index is 0.112. The number of hydrogen-bond acceptors (Lipinski definition) is 8. The van der Waals surface area contributed by atoms with Crippen molar-refractivity contribution in [3.63, 3.8) is 0 Å². The van der Waals surface area contributed by atoms with Crippen LogP contribution in [-0.4, -0.2) is 41.1 Å². The van der Waals surface area contributed by atoms with Gasteiger partial charge in [-0.1, -0.05) is 35.1 Å². The number of para-hydroxylation sites is 1. The molecule has 2 heterocycles. The summed E-state index contributed by atoms with van der Waals surface area (Å²) in [6.07, 6.45) is 3.12. The van der Waals surface area contributed by atoms with Crippen molar-refractivity contribution < 1.29 is 4.79 Å². The van der Waals surface area contributed by atoms with Crippen LogP contribution in [0, 0.1) is 6.92 Å². The number of carbonyl (C=O) groups excluding carboxylic acids is 1. The van der Waals surface area contributed by atoms with Crippen molar-refractivity contribution in [2.75, 3.05) is 29.6 Å². The summed E-state index contributed by atoms with van der Waals surface area (Å²) >= 11 is 7.41. The molecule has 0 bridgehead atoms. The second-order valence-corrected chi connectivity index (χ2v) is 7.82. The number of aryl methyl sites for hydroxylation is 1. The molecule has 10 heteroatoms. The molecule has 1 aromatic carbocycles. The van der Waals surface area contributed by atoms with Gasteiger partial charge in [-0.05, 0) is 32.5 Å². The van der Waals surface area contributed by atoms with E-state index in [0.717, 1.165) is 11.4 Å². The molecule has 0 radical (unpaired) electrons. The van der Waals surface area contributed by atoms with E-state index in [1.165, 1.54) is 23.9 Å². The molecule has 0 spiro atoms. The van der Waals surface area contributed by atoms with Crippen LogP contribution in [0.3, 0.4) is 0 Å². The highest BCUT2D eigenvalue weighted by molar-refractivity contribution is 7.17. The third-order valence-corrected chi connectivity index (χ3v) is 5.66. The third-order valence-electron chi connectivity index (χ3n) is 4.44. The molecule has 3 rings (SSSR count). The number of aromatic nitrogens is 3. The van der Waals surface area contributed by atoms with E-state index in [1.807, 2.05) is 51.0 Å². The maximum atomic E-state index is 12.6. The number of rotatable bonds is 7. The molecule has 0 fully saturated rings. The number of nitrogens with zero attached hydrogens (tertiary/aromatic N) is 4. The van der Waals surface area contributed by atoms with Crippen molar-refractivity contribution in [2.24, 2.45) is 0 Å². The Balaban J connectivity index is 1.71. The van der Waals surface area contributed by atoms with Gasteiger partial charge in [-0.25, -0.2) is 15.0 Å². The van der Waals surface area contributed by atoms with Crippen LogP contribution in [0.5, 0.6) is 0 Å². The molecule has 0 aliphatic heterocycles. The first-order valence-corrected chi connectivity index (χ1v) is 10.1. The van der Waals surface area contributed by atoms with Gasteiger partial charge < -0.3 is 20.9 Å². The van der Waals surface area contributed by atoms with Gasteiger partial charge >= 0.3 is 0 Å². The second-order valence-electron chi connectivity index (χ2n) is 6.38. The summed E-state index contributed by atoms with van der Waals surface area (Å²) in [4.78, 5) is 27.8. The molecular weight excluding hydrogens is 410 g/mol. The fourth-order valence-corrected chi connectivity index (χ4v) is 3.50. The highest BCUT2D eigenvalue weighted by Gasteiger charge is 2.15. The van der Waals surface area contributed by atoms with Crippen molar-refractivity contribution in [1.82, 2.24) is 20.3 Å². The first-order valence-electron chi connectivity index (χ1n) is 8.90. The number of hydrogen-bond donors (Lipinski definition) is 3. The largest absolute Gasteiger partial charge is 0.344 e. The van der Waals surface area contributed by atoms with Crippen molar-refractivity contribution in [1.29, 1.82) is 0 Å². The summed E-state index contributed by atoms with van der Waals surface area (Å²) in [5.74, 6) is 1.08. The number of carbonyl (C=O) groups is 1. The average Bonchev–Trinajstić information content (AvgIpc) is 3.18. The molecule has 2 aromatic heterocycles. The topological polar surface area (TPSA) is 95.1 Å². The summed E-state index contributed by atoms with van der Waals surface area (Å²) in [6.45, 7) is 3.92. The zero-order valence-electron chi connectivity index (χ0n) is 16.5. The minimum Gasteiger partial charge on any atom is -0.344 e. The smallest absolute Gasteiger partial charge is 0.267 e. The van der Waals surface area contributed by atoms with Crippen LogP contribution in [0.1, 0.15) is 22.2 Å². The van der Waals surface area contributed by atoms with Crippen molar-refractivity contribution in [3.8, 4) is 0 Å². The fraction of sp³-hybridized carbons (Fsp3) is 0.263. The Morgan fingerprint density at radius 1 is 1.28 bits per heavy atom. The van der Waals surface area contributed by atoms with E-state index in [0.29, 0.717) is 26.5 Å². The predicted octanol–water partition coefficient (Wildman–Crippen LogP) is 3.89. The number of halogens is 1. The van der Waals surface area contributed by atoms with Gasteiger partial charge in [0.15, 0.2) is 5.13 Å². The lowest BCUT2D eigenvalue weighted by atomic mass is 10.2. The Kier molecular flexibility index (Phi) is 6.63. The van der Waals surface area contributed by atoms with Crippen molar-refractivity contribution >= 4 is 51.3 Å². The maximum Gasteiger partial charge on any atom is 0.267 e. The molecule has 0 saturated carbocycles. The lowest BCUT2D eigenvalue weighted by Gasteiger charge is -2.25. The molecule has 0 saturated heterocycles. The first-order chi connectivity index (χ1) is 13.9. The Morgan fingerprint density at radius 3 is 2.79 bits per heavy atom. The van der Waals surface area contributed by atoms with E-state index in [9.17, 15) is 4.79 Å². The maximum absolute atomic E-state index is 12.6. The van der Waals surface area contributed by atoms with Gasteiger partial charge in [0.25, 0.3) is 5.91 Å². The molecule has 8 nitrogen and oxygen atoms in total. The zero-order valence-corrected chi connectivity index (χ0v) is 18.1. The predicted molar refractivity (Wildman–Crippen MR) is 118 cm³/mol. The summed E-state index contributed by atoms with van der Waals surface area (Å²) in [5, 5.41) is 10.2. The molecule has 1 amide bonds. The number of amides is 1. The molecule has 1 unspecified atom stereocenters. The van der Waals surface area contributed by atoms with Crippen LogP contribution in [0.2, 0.25) is 5.02 Å². The van der Waals surface area contributed by atoms with Gasteiger partial charge in [0.1, 0.15) is 22.8 Å². The number of anilines is 4. The normalized spacial score (nSPS) is 11.8. The number of thiazole rings is 1. The van der Waals surface area contributed by atoms with Crippen LogP contribution in [0.25, 0.3) is 0 Å². The van der Waals surface area contributed by atoms with Gasteiger partial charge in [-0.2, -0.15) is 0 Å². The molecule has 152 valence electrons. The first kappa shape index (κ1) is 21.0. The molecule has 3 N–H and O–H groups in total. The molecule has 1 atom stereocenters. The molecule has 0 aliphatic carbocycles. The zero-order chi connectivity index (χ0) is 21.0. The van der Waals surface area contributed by atoms with Crippen LogP contribution >= 0.6 is 22.9 Å². The minimum atomic E-state index is -0.266. The Morgan fingerprint density at radius 2 is 2.07 bits per heavy atom. The Bertz CT molecular complexity index is 989. The van der Waals surface area contributed by atoms with Gasteiger partial charge in [0.2, 0.25) is 0 Å². The summed E-state index contributed by atoms with van der Waals surface area (Å²) < 4.78 is 0. The van der Waals surface area contributed by atoms with Crippen LogP contribution in [-0.2, 0) is 0 Å². The molecule has 29 heavy (non-hydrogen) atoms. The van der Waals surface area contributed by atoms with E-state index in [1.54, 1.807) is 6.07 Å². The monoisotopic (exact) mass is 431 g/mol. The highest BCUT2D eigenvalue weighted by atomic mass is 35.5. The average molecular weight is 432 g/mol. The van der Waals surface area contributed by atoms with E-state index < -0.39 is 0 Å². The van der Waals surface area contributed by atoms with Crippen LogP contribution in [0.4, 0.5) is 22.5 Å². The van der Waals surface area contributed by atoms with E-state index in [4.69, 9.17) is 11.6 Å². The van der Waals surface area contributed by atoms with Gasteiger partial charge in [0, 0.05) is 13.1 Å². The van der Waals surface area contributed by atoms with Crippen LogP contribution < -0.4 is 20.9 Å². The molecule has 3 aromatic rings. The number of nitrogens with one attached hydrogen (secondary N) is 3. The van der Waals surface area contributed by atoms with E-state index >= 15 is 0 Å². The lowest BCUT2D eigenvalue weighted by molar-refractivity contribution is 0.103. The molecule has 0 aliphatic rings. The standard InChI is InChI=1S/C19H22ClN7OS/c1-11-6-5-7-13(20)17(11)26-18(28)14-9-22-19(29-14)25-15-8-16(24-10-23-15)27(4)12(2)21-3/h5-10,12,21H,1-4H3,(H,26,28)(H,22,23,24,25). The second kappa shape index (κ2) is 9.17. The van der Waals surface area contributed by atoms with Gasteiger partial charge in [0.05, 0.1) is 23.1 Å². The summed E-state index contributed by atoms with van der Waals surface area (Å²) in [7, 11) is 3.82. The van der Waals surface area contributed by atoms with Gasteiger partial charge in [-0.15, -0.1) is 0 Å². The Labute approximate surface area is 178 Å². The van der Waals surface area contributed by atoms with Gasteiger partial charge in [-0.3, -0.25) is 4.79 Å².